The van der Waals surface area contributed by atoms with Crippen molar-refractivity contribution in [3.8, 4) is 5.75 Å². The van der Waals surface area contributed by atoms with Crippen LogP contribution in [0, 0.1) is 0 Å². The molecule has 1 unspecified atom stereocenters. The van der Waals surface area contributed by atoms with E-state index in [1.54, 1.807) is 31.4 Å². The molecule has 0 saturated carbocycles. The first-order chi connectivity index (χ1) is 9.86. The van der Waals surface area contributed by atoms with Crippen molar-refractivity contribution in [2.45, 2.75) is 18.9 Å². The number of rotatable bonds is 5. The number of carboxylic acids is 1. The van der Waals surface area contributed by atoms with Crippen LogP contribution in [0.1, 0.15) is 18.9 Å². The van der Waals surface area contributed by atoms with Crippen molar-refractivity contribution in [3.05, 3.63) is 42.0 Å². The lowest BCUT2D eigenvalue weighted by Gasteiger charge is -2.23. The Morgan fingerprint density at radius 3 is 2.33 bits per heavy atom. The van der Waals surface area contributed by atoms with Crippen LogP contribution in [0.4, 0.5) is 0 Å². The summed E-state index contributed by atoms with van der Waals surface area (Å²) < 4.78 is 5.12. The van der Waals surface area contributed by atoms with E-state index in [4.69, 9.17) is 4.74 Å². The minimum absolute atomic E-state index is 0.183. The number of hydrogen-bond acceptors (Lipinski definition) is 4. The third kappa shape index (κ3) is 2.87. The molecule has 1 atom stereocenters. The standard InChI is InChI=1S/C16H16O5/c1-10(17)9-16(20,15(18)19)13-5-3-12-8-14(21-2)6-4-11(12)7-13/h3-8,20H,9H2,1-2H3,(H,18,19). The molecule has 2 aromatic rings. The summed E-state index contributed by atoms with van der Waals surface area (Å²) in [6.07, 6.45) is -0.468. The summed E-state index contributed by atoms with van der Waals surface area (Å²) in [5, 5.41) is 21.2. The number of aliphatic carboxylic acids is 1. The highest BCUT2D eigenvalue weighted by Gasteiger charge is 2.39. The van der Waals surface area contributed by atoms with Gasteiger partial charge in [-0.1, -0.05) is 18.2 Å². The van der Waals surface area contributed by atoms with Crippen LogP contribution in [0.5, 0.6) is 5.75 Å². The van der Waals surface area contributed by atoms with Gasteiger partial charge in [0.25, 0.3) is 0 Å². The summed E-state index contributed by atoms with van der Waals surface area (Å²) in [6, 6.07) is 10.1. The van der Waals surface area contributed by atoms with Gasteiger partial charge in [-0.05, 0) is 41.5 Å². The Bertz CT molecular complexity index is 707. The molecular weight excluding hydrogens is 272 g/mol. The highest BCUT2D eigenvalue weighted by Crippen LogP contribution is 2.30. The van der Waals surface area contributed by atoms with Gasteiger partial charge in [-0.2, -0.15) is 0 Å². The number of aliphatic hydroxyl groups is 1. The maximum absolute atomic E-state index is 11.4. The van der Waals surface area contributed by atoms with Gasteiger partial charge in [-0.15, -0.1) is 0 Å². The van der Waals surface area contributed by atoms with Crippen molar-refractivity contribution in [1.29, 1.82) is 0 Å². The van der Waals surface area contributed by atoms with Crippen molar-refractivity contribution in [3.63, 3.8) is 0 Å². The van der Waals surface area contributed by atoms with Crippen molar-refractivity contribution < 1.29 is 24.5 Å². The predicted octanol–water partition coefficient (Wildman–Crippen LogP) is 2.10. The molecule has 0 heterocycles. The monoisotopic (exact) mass is 288 g/mol. The molecule has 0 aliphatic heterocycles. The Kier molecular flexibility index (Phi) is 3.95. The van der Waals surface area contributed by atoms with E-state index in [-0.39, 0.29) is 5.56 Å². The number of fused-ring (bicyclic) bond motifs is 1. The van der Waals surface area contributed by atoms with Crippen molar-refractivity contribution in [2.24, 2.45) is 0 Å². The summed E-state index contributed by atoms with van der Waals surface area (Å²) in [5.74, 6) is -1.15. The number of benzene rings is 2. The second-order valence-corrected chi connectivity index (χ2v) is 4.97. The van der Waals surface area contributed by atoms with Crippen molar-refractivity contribution in [1.82, 2.24) is 0 Å². The Labute approximate surface area is 121 Å². The first kappa shape index (κ1) is 15.0. The second kappa shape index (κ2) is 5.54. The van der Waals surface area contributed by atoms with Gasteiger partial charge in [0.2, 0.25) is 0 Å². The number of methoxy groups -OCH3 is 1. The molecule has 2 aromatic carbocycles. The SMILES string of the molecule is COc1ccc2cc(C(O)(CC(C)=O)C(=O)O)ccc2c1. The zero-order valence-corrected chi connectivity index (χ0v) is 11.8. The lowest BCUT2D eigenvalue weighted by molar-refractivity contribution is -0.162. The van der Waals surface area contributed by atoms with Crippen LogP contribution < -0.4 is 4.74 Å². The molecule has 0 amide bonds. The minimum atomic E-state index is -2.21. The Hall–Kier alpha value is -2.40. The minimum Gasteiger partial charge on any atom is -0.497 e. The van der Waals surface area contributed by atoms with Crippen LogP contribution in [0.15, 0.2) is 36.4 Å². The average Bonchev–Trinajstić information content (AvgIpc) is 2.45. The number of ketones is 1. The molecule has 110 valence electrons. The Morgan fingerprint density at radius 1 is 1.14 bits per heavy atom. The summed E-state index contributed by atoms with van der Waals surface area (Å²) in [7, 11) is 1.56. The molecule has 0 saturated heterocycles. The topological polar surface area (TPSA) is 83.8 Å². The molecule has 5 heteroatoms. The third-order valence-electron chi connectivity index (χ3n) is 3.38. The van der Waals surface area contributed by atoms with Gasteiger partial charge >= 0.3 is 5.97 Å². The fourth-order valence-electron chi connectivity index (χ4n) is 2.27. The molecule has 0 fully saturated rings. The number of ether oxygens (including phenoxy) is 1. The molecule has 5 nitrogen and oxygen atoms in total. The van der Waals surface area contributed by atoms with E-state index in [9.17, 15) is 19.8 Å². The zero-order chi connectivity index (χ0) is 15.6. The quantitative estimate of drug-likeness (QED) is 0.880. The van der Waals surface area contributed by atoms with E-state index < -0.39 is 23.8 Å². The highest BCUT2D eigenvalue weighted by molar-refractivity contribution is 5.90. The average molecular weight is 288 g/mol. The molecule has 0 spiro atoms. The summed E-state index contributed by atoms with van der Waals surface area (Å²) in [4.78, 5) is 22.6. The van der Waals surface area contributed by atoms with Crippen LogP contribution in [0.3, 0.4) is 0 Å². The van der Waals surface area contributed by atoms with Crippen molar-refractivity contribution in [2.75, 3.05) is 7.11 Å². The molecule has 0 aliphatic rings. The molecule has 2 rings (SSSR count). The van der Waals surface area contributed by atoms with Crippen LogP contribution in [-0.2, 0) is 15.2 Å². The van der Waals surface area contributed by atoms with Crippen LogP contribution in [-0.4, -0.2) is 29.1 Å². The maximum atomic E-state index is 11.4. The zero-order valence-electron chi connectivity index (χ0n) is 11.8. The molecular formula is C16H16O5. The van der Waals surface area contributed by atoms with E-state index in [0.717, 1.165) is 10.8 Å². The molecule has 0 aromatic heterocycles. The van der Waals surface area contributed by atoms with E-state index in [0.29, 0.717) is 5.75 Å². The number of carbonyl (C=O) groups is 2. The number of Topliss-reactive ketones (excluding diaryl/α,β-unsaturated/α-hetero) is 1. The van der Waals surface area contributed by atoms with Crippen LogP contribution in [0.25, 0.3) is 10.8 Å². The molecule has 21 heavy (non-hydrogen) atoms. The lowest BCUT2D eigenvalue weighted by Crippen LogP contribution is -2.37. The normalized spacial score (nSPS) is 13.7. The van der Waals surface area contributed by atoms with Gasteiger partial charge < -0.3 is 14.9 Å². The third-order valence-corrected chi connectivity index (χ3v) is 3.38. The lowest BCUT2D eigenvalue weighted by atomic mass is 9.87. The highest BCUT2D eigenvalue weighted by atomic mass is 16.5. The second-order valence-electron chi connectivity index (χ2n) is 4.97. The van der Waals surface area contributed by atoms with Gasteiger partial charge in [-0.25, -0.2) is 4.79 Å². The smallest absolute Gasteiger partial charge is 0.340 e. The predicted molar refractivity (Wildman–Crippen MR) is 77.3 cm³/mol. The van der Waals surface area contributed by atoms with Gasteiger partial charge in [-0.3, -0.25) is 4.79 Å². The summed E-state index contributed by atoms with van der Waals surface area (Å²) >= 11 is 0. The summed E-state index contributed by atoms with van der Waals surface area (Å²) in [5.41, 5.74) is -2.03. The van der Waals surface area contributed by atoms with Gasteiger partial charge in [0.05, 0.1) is 7.11 Å². The molecule has 2 N–H and O–H groups in total. The van der Waals surface area contributed by atoms with E-state index >= 15 is 0 Å². The molecule has 0 aliphatic carbocycles. The number of hydrogen-bond donors (Lipinski definition) is 2. The Balaban J connectivity index is 2.54. The number of carboxylic acid groups (broad SMARTS) is 1. The number of carbonyl (C=O) groups excluding carboxylic acids is 1. The first-order valence-electron chi connectivity index (χ1n) is 6.40. The van der Waals surface area contributed by atoms with Crippen LogP contribution in [0.2, 0.25) is 0 Å². The Morgan fingerprint density at radius 2 is 1.76 bits per heavy atom. The van der Waals surface area contributed by atoms with E-state index in [1.165, 1.54) is 13.0 Å². The van der Waals surface area contributed by atoms with Crippen molar-refractivity contribution >= 4 is 22.5 Å². The van der Waals surface area contributed by atoms with Gasteiger partial charge in [0.15, 0.2) is 5.60 Å². The maximum Gasteiger partial charge on any atom is 0.340 e. The molecule has 0 bridgehead atoms. The largest absolute Gasteiger partial charge is 0.497 e. The van der Waals surface area contributed by atoms with Crippen LogP contribution >= 0.6 is 0 Å². The fourth-order valence-corrected chi connectivity index (χ4v) is 2.27. The summed E-state index contributed by atoms with van der Waals surface area (Å²) in [6.45, 7) is 1.25. The van der Waals surface area contributed by atoms with Gasteiger partial charge in [0, 0.05) is 6.42 Å². The van der Waals surface area contributed by atoms with E-state index in [1.807, 2.05) is 6.07 Å². The van der Waals surface area contributed by atoms with E-state index in [2.05, 4.69) is 0 Å². The fraction of sp³-hybridized carbons (Fsp3) is 0.250. The first-order valence-corrected chi connectivity index (χ1v) is 6.40. The molecule has 0 radical (unpaired) electrons. The van der Waals surface area contributed by atoms with Gasteiger partial charge in [0.1, 0.15) is 11.5 Å².